The Bertz CT molecular complexity index is 939. The molecule has 124 valence electrons. The third-order valence-electron chi connectivity index (χ3n) is 3.30. The van der Waals surface area contributed by atoms with Crippen LogP contribution in [0.1, 0.15) is 4.88 Å². The number of thioether (sulfide) groups is 1. The molecule has 0 fully saturated rings. The lowest BCUT2D eigenvalue weighted by Gasteiger charge is -2.03. The van der Waals surface area contributed by atoms with Crippen molar-refractivity contribution in [1.82, 2.24) is 4.57 Å². The first-order chi connectivity index (χ1) is 11.7. The molecule has 0 aliphatic heterocycles. The van der Waals surface area contributed by atoms with Crippen molar-refractivity contribution in [2.24, 2.45) is 4.99 Å². The molecule has 0 atom stereocenters. The molecule has 0 unspecified atom stereocenters. The van der Waals surface area contributed by atoms with Gasteiger partial charge in [-0.3, -0.25) is 4.79 Å². The summed E-state index contributed by atoms with van der Waals surface area (Å²) in [5.74, 6) is 0.305. The van der Waals surface area contributed by atoms with Crippen molar-refractivity contribution in [3.05, 3.63) is 57.3 Å². The number of benzene rings is 1. The Labute approximate surface area is 151 Å². The number of thiophene rings is 1. The summed E-state index contributed by atoms with van der Waals surface area (Å²) >= 11 is 4.62. The zero-order valence-electron chi connectivity index (χ0n) is 12.9. The van der Waals surface area contributed by atoms with Gasteiger partial charge in [-0.1, -0.05) is 17.4 Å². The van der Waals surface area contributed by atoms with Crippen LogP contribution in [-0.2, 0) is 11.3 Å². The molecule has 0 saturated carbocycles. The third-order valence-corrected chi connectivity index (χ3v) is 5.77. The number of aromatic nitrogens is 1. The van der Waals surface area contributed by atoms with Crippen molar-refractivity contribution in [2.75, 3.05) is 12.0 Å². The van der Waals surface area contributed by atoms with Crippen molar-refractivity contribution >= 4 is 56.6 Å². The second-order valence-corrected chi connectivity index (χ2v) is 7.91. The van der Waals surface area contributed by atoms with Crippen LogP contribution < -0.4 is 4.80 Å². The Hall–Kier alpha value is -1.70. The summed E-state index contributed by atoms with van der Waals surface area (Å²) in [7, 11) is 0. The third kappa shape index (κ3) is 4.03. The maximum atomic E-state index is 13.5. The summed E-state index contributed by atoms with van der Waals surface area (Å²) in [6.07, 6.45) is 5.26. The van der Waals surface area contributed by atoms with E-state index >= 15 is 0 Å². The highest BCUT2D eigenvalue weighted by Crippen LogP contribution is 2.19. The van der Waals surface area contributed by atoms with Gasteiger partial charge in [0, 0.05) is 23.3 Å². The Morgan fingerprint density at radius 2 is 2.29 bits per heavy atom. The quantitative estimate of drug-likeness (QED) is 0.617. The van der Waals surface area contributed by atoms with Gasteiger partial charge in [-0.25, -0.2) is 4.39 Å². The average molecular weight is 379 g/mol. The number of hydrogen-bond acceptors (Lipinski definition) is 4. The molecule has 3 nitrogen and oxygen atoms in total. The van der Waals surface area contributed by atoms with Crippen LogP contribution in [-0.4, -0.2) is 22.5 Å². The van der Waals surface area contributed by atoms with Gasteiger partial charge in [-0.05, 0) is 42.0 Å². The minimum Gasteiger partial charge on any atom is -0.316 e. The van der Waals surface area contributed by atoms with Gasteiger partial charge < -0.3 is 4.57 Å². The summed E-state index contributed by atoms with van der Waals surface area (Å²) in [6.45, 7) is 0.730. The first-order valence-electron chi connectivity index (χ1n) is 7.25. The van der Waals surface area contributed by atoms with Crippen LogP contribution in [0.15, 0.2) is 46.8 Å². The van der Waals surface area contributed by atoms with E-state index in [0.717, 1.165) is 27.4 Å². The van der Waals surface area contributed by atoms with Crippen LogP contribution in [0.2, 0.25) is 0 Å². The van der Waals surface area contributed by atoms with E-state index in [9.17, 15) is 9.18 Å². The molecule has 2 aromatic heterocycles. The van der Waals surface area contributed by atoms with Gasteiger partial charge in [-0.2, -0.15) is 16.8 Å². The van der Waals surface area contributed by atoms with E-state index in [0.29, 0.717) is 4.80 Å². The first-order valence-corrected chi connectivity index (χ1v) is 10.3. The van der Waals surface area contributed by atoms with Gasteiger partial charge in [0.25, 0.3) is 5.91 Å². The number of carbonyl (C=O) groups is 1. The second kappa shape index (κ2) is 7.92. The predicted molar refractivity (Wildman–Crippen MR) is 102 cm³/mol. The minimum absolute atomic E-state index is 0.281. The largest absolute Gasteiger partial charge is 0.316 e. The Morgan fingerprint density at radius 1 is 1.42 bits per heavy atom. The summed E-state index contributed by atoms with van der Waals surface area (Å²) in [4.78, 5) is 18.0. The molecule has 1 amide bonds. The number of thiazole rings is 1. The lowest BCUT2D eigenvalue weighted by atomic mass is 10.3. The second-order valence-electron chi connectivity index (χ2n) is 4.94. The number of fused-ring (bicyclic) bond motifs is 1. The fourth-order valence-electron chi connectivity index (χ4n) is 2.20. The molecule has 0 aliphatic rings. The molecule has 3 aromatic rings. The number of carbonyl (C=O) groups excluding carboxylic acids is 1. The molecule has 3 rings (SSSR count). The maximum Gasteiger partial charge on any atom is 0.272 e. The van der Waals surface area contributed by atoms with E-state index in [-0.39, 0.29) is 11.7 Å². The van der Waals surface area contributed by atoms with Gasteiger partial charge in [-0.15, -0.1) is 11.3 Å². The number of aryl methyl sites for hydroxylation is 1. The highest BCUT2D eigenvalue weighted by molar-refractivity contribution is 7.98. The van der Waals surface area contributed by atoms with Gasteiger partial charge in [0.05, 0.1) is 10.2 Å². The topological polar surface area (TPSA) is 34.4 Å². The summed E-state index contributed by atoms with van der Waals surface area (Å²) in [6, 6.07) is 8.54. The van der Waals surface area contributed by atoms with Crippen molar-refractivity contribution in [3.8, 4) is 0 Å². The molecule has 2 heterocycles. The fraction of sp³-hybridized carbons (Fsp3) is 0.176. The van der Waals surface area contributed by atoms with Crippen LogP contribution in [0.5, 0.6) is 0 Å². The molecule has 0 radical (unpaired) electrons. The van der Waals surface area contributed by atoms with Crippen molar-refractivity contribution < 1.29 is 9.18 Å². The van der Waals surface area contributed by atoms with Gasteiger partial charge in [0.2, 0.25) is 0 Å². The monoisotopic (exact) mass is 378 g/mol. The van der Waals surface area contributed by atoms with E-state index in [2.05, 4.69) is 4.99 Å². The van der Waals surface area contributed by atoms with E-state index in [4.69, 9.17) is 0 Å². The van der Waals surface area contributed by atoms with Crippen molar-refractivity contribution in [2.45, 2.75) is 6.54 Å². The highest BCUT2D eigenvalue weighted by atomic mass is 32.2. The van der Waals surface area contributed by atoms with Crippen LogP contribution in [0.3, 0.4) is 0 Å². The minimum atomic E-state index is -0.312. The number of hydrogen-bond donors (Lipinski definition) is 0. The molecule has 1 aromatic carbocycles. The van der Waals surface area contributed by atoms with Gasteiger partial charge in [0.1, 0.15) is 5.82 Å². The van der Waals surface area contributed by atoms with Crippen LogP contribution in [0, 0.1) is 5.82 Å². The number of amides is 1. The Kier molecular flexibility index (Phi) is 5.65. The van der Waals surface area contributed by atoms with Crippen LogP contribution in [0.4, 0.5) is 4.39 Å². The number of rotatable bonds is 5. The van der Waals surface area contributed by atoms with Crippen LogP contribution in [0.25, 0.3) is 16.3 Å². The summed E-state index contributed by atoms with van der Waals surface area (Å²) in [5.41, 5.74) is 0.907. The molecular formula is C17H15FN2OS3. The lowest BCUT2D eigenvalue weighted by molar-refractivity contribution is -0.113. The first kappa shape index (κ1) is 17.1. The SMILES string of the molecule is CSCCn1c(=NC(=O)C=Cc2cccs2)sc2cc(F)ccc21. The number of halogens is 1. The summed E-state index contributed by atoms with van der Waals surface area (Å²) in [5, 5.41) is 1.96. The molecule has 24 heavy (non-hydrogen) atoms. The molecule has 0 saturated heterocycles. The molecule has 0 N–H and O–H groups in total. The van der Waals surface area contributed by atoms with Crippen molar-refractivity contribution in [1.29, 1.82) is 0 Å². The molecule has 0 bridgehead atoms. The smallest absolute Gasteiger partial charge is 0.272 e. The van der Waals surface area contributed by atoms with Crippen LogP contribution >= 0.6 is 34.4 Å². The molecule has 0 aliphatic carbocycles. The van der Waals surface area contributed by atoms with Gasteiger partial charge >= 0.3 is 0 Å². The maximum absolute atomic E-state index is 13.5. The Balaban J connectivity index is 1.98. The average Bonchev–Trinajstić information content (AvgIpc) is 3.18. The standard InChI is InChI=1S/C17H15FN2OS3/c1-22-10-8-20-14-6-4-12(18)11-15(14)24-17(20)19-16(21)7-5-13-3-2-9-23-13/h2-7,9,11H,8,10H2,1H3. The predicted octanol–water partition coefficient (Wildman–Crippen LogP) is 4.41. The normalized spacial score (nSPS) is 12.5. The zero-order valence-corrected chi connectivity index (χ0v) is 15.4. The Morgan fingerprint density at radius 3 is 3.04 bits per heavy atom. The van der Waals surface area contributed by atoms with E-state index in [1.165, 1.54) is 29.5 Å². The summed E-state index contributed by atoms with van der Waals surface area (Å²) < 4.78 is 16.2. The zero-order chi connectivity index (χ0) is 16.9. The highest BCUT2D eigenvalue weighted by Gasteiger charge is 2.08. The number of nitrogens with zero attached hydrogens (tertiary/aromatic N) is 2. The van der Waals surface area contributed by atoms with Gasteiger partial charge in [0.15, 0.2) is 4.80 Å². The van der Waals surface area contributed by atoms with E-state index in [1.54, 1.807) is 35.2 Å². The molecule has 7 heteroatoms. The van der Waals surface area contributed by atoms with E-state index in [1.807, 2.05) is 28.3 Å². The van der Waals surface area contributed by atoms with E-state index < -0.39 is 0 Å². The molecular weight excluding hydrogens is 363 g/mol. The van der Waals surface area contributed by atoms with Crippen molar-refractivity contribution in [3.63, 3.8) is 0 Å². The lowest BCUT2D eigenvalue weighted by Crippen LogP contribution is -2.17. The fourth-order valence-corrected chi connectivity index (χ4v) is 4.27. The molecule has 0 spiro atoms.